The summed E-state index contributed by atoms with van der Waals surface area (Å²) in [5.74, 6) is 0.154. The Morgan fingerprint density at radius 1 is 1.11 bits per heavy atom. The van der Waals surface area contributed by atoms with Crippen LogP contribution in [0.5, 0.6) is 5.75 Å². The maximum Gasteiger partial charge on any atom is 0.248 e. The van der Waals surface area contributed by atoms with Crippen LogP contribution in [0.3, 0.4) is 0 Å². The number of benzene rings is 1. The molecule has 1 unspecified atom stereocenters. The Hall–Kier alpha value is -1.71. The van der Waals surface area contributed by atoms with Gasteiger partial charge in [0, 0.05) is 19.1 Å². The summed E-state index contributed by atoms with van der Waals surface area (Å²) in [7, 11) is -3.15. The Kier molecular flexibility index (Phi) is 5.57. The van der Waals surface area contributed by atoms with Gasteiger partial charge in [0.1, 0.15) is 30.9 Å². The number of carbonyl (C=O) groups excluding carboxylic acids is 1. The third-order valence-corrected chi connectivity index (χ3v) is 7.98. The molecule has 0 N–H and O–H groups in total. The molecule has 1 aliphatic carbocycles. The summed E-state index contributed by atoms with van der Waals surface area (Å²) < 4.78 is 50.5. The minimum absolute atomic E-state index is 0.00195. The lowest BCUT2D eigenvalue weighted by Gasteiger charge is -2.41. The van der Waals surface area contributed by atoms with Crippen molar-refractivity contribution in [1.29, 1.82) is 0 Å². The van der Waals surface area contributed by atoms with Crippen LogP contribution in [0.2, 0.25) is 0 Å². The van der Waals surface area contributed by atoms with E-state index in [1.165, 1.54) is 12.1 Å². The first-order chi connectivity index (χ1) is 13.4. The van der Waals surface area contributed by atoms with E-state index < -0.39 is 10.0 Å². The average Bonchev–Trinajstić information content (AvgIpc) is 3.55. The molecule has 1 saturated carbocycles. The van der Waals surface area contributed by atoms with Crippen molar-refractivity contribution in [3.8, 4) is 5.75 Å². The lowest BCUT2D eigenvalue weighted by Crippen LogP contribution is -2.56. The number of halogens is 1. The van der Waals surface area contributed by atoms with Gasteiger partial charge in [0.25, 0.3) is 0 Å². The van der Waals surface area contributed by atoms with Crippen molar-refractivity contribution in [2.45, 2.75) is 43.1 Å². The minimum atomic E-state index is -3.15. The minimum Gasteiger partial charge on any atom is -0.491 e. The standard InChI is InChI=1S/C19H25FN2O5S/c20-14-1-3-16(4-2-14)26-12-17-11-22(19(23)13-27-17)15-7-9-21(10-8-15)28(24,25)18-5-6-18/h1-4,15,17-18H,5-13H2. The van der Waals surface area contributed by atoms with Crippen LogP contribution in [-0.4, -0.2) is 73.8 Å². The van der Waals surface area contributed by atoms with E-state index in [1.54, 1.807) is 16.4 Å². The molecule has 2 heterocycles. The molecule has 2 saturated heterocycles. The van der Waals surface area contributed by atoms with Crippen molar-refractivity contribution < 1.29 is 27.1 Å². The van der Waals surface area contributed by atoms with Crippen LogP contribution in [0, 0.1) is 5.82 Å². The van der Waals surface area contributed by atoms with Crippen LogP contribution in [0.25, 0.3) is 0 Å². The van der Waals surface area contributed by atoms with Gasteiger partial charge in [0.2, 0.25) is 15.9 Å². The number of nitrogens with zero attached hydrogens (tertiary/aromatic N) is 2. The summed E-state index contributed by atoms with van der Waals surface area (Å²) in [5, 5.41) is -0.193. The second-order valence-corrected chi connectivity index (χ2v) is 9.83. The fourth-order valence-corrected chi connectivity index (χ4v) is 5.68. The van der Waals surface area contributed by atoms with Crippen molar-refractivity contribution in [3.63, 3.8) is 0 Å². The number of morpholine rings is 1. The Morgan fingerprint density at radius 2 is 1.79 bits per heavy atom. The first kappa shape index (κ1) is 19.6. The van der Waals surface area contributed by atoms with Gasteiger partial charge >= 0.3 is 0 Å². The molecule has 28 heavy (non-hydrogen) atoms. The van der Waals surface area contributed by atoms with Crippen LogP contribution >= 0.6 is 0 Å². The van der Waals surface area contributed by atoms with Crippen molar-refractivity contribution >= 4 is 15.9 Å². The van der Waals surface area contributed by atoms with E-state index in [0.29, 0.717) is 38.2 Å². The van der Waals surface area contributed by atoms with E-state index in [0.717, 1.165) is 12.8 Å². The zero-order valence-electron chi connectivity index (χ0n) is 15.6. The highest BCUT2D eigenvalue weighted by Gasteiger charge is 2.42. The molecule has 3 aliphatic rings. The normalized spacial score (nSPS) is 25.1. The molecular weight excluding hydrogens is 387 g/mol. The molecule has 7 nitrogen and oxygen atoms in total. The fourth-order valence-electron chi connectivity index (χ4n) is 3.80. The van der Waals surface area contributed by atoms with Gasteiger partial charge in [-0.2, -0.15) is 0 Å². The van der Waals surface area contributed by atoms with E-state index in [-0.39, 0.29) is 42.3 Å². The summed E-state index contributed by atoms with van der Waals surface area (Å²) in [6.45, 7) is 1.61. The number of piperidine rings is 1. The summed E-state index contributed by atoms with van der Waals surface area (Å²) in [6, 6.07) is 5.79. The largest absolute Gasteiger partial charge is 0.491 e. The second-order valence-electron chi connectivity index (χ2n) is 7.62. The molecule has 0 aromatic heterocycles. The predicted molar refractivity (Wildman–Crippen MR) is 99.9 cm³/mol. The van der Waals surface area contributed by atoms with Crippen molar-refractivity contribution in [1.82, 2.24) is 9.21 Å². The van der Waals surface area contributed by atoms with Crippen LogP contribution < -0.4 is 4.74 Å². The van der Waals surface area contributed by atoms with E-state index in [4.69, 9.17) is 9.47 Å². The fraction of sp³-hybridized carbons (Fsp3) is 0.632. The number of carbonyl (C=O) groups is 1. The van der Waals surface area contributed by atoms with Gasteiger partial charge in [-0.15, -0.1) is 0 Å². The highest BCUT2D eigenvalue weighted by atomic mass is 32.2. The number of amides is 1. The molecule has 4 rings (SSSR count). The monoisotopic (exact) mass is 412 g/mol. The summed E-state index contributed by atoms with van der Waals surface area (Å²) in [6.07, 6.45) is 2.54. The SMILES string of the molecule is O=C1COC(COc2ccc(F)cc2)CN1C1CCN(S(=O)(=O)C2CC2)CC1. The third kappa shape index (κ3) is 4.31. The van der Waals surface area contributed by atoms with E-state index in [2.05, 4.69) is 0 Å². The maximum atomic E-state index is 13.0. The van der Waals surface area contributed by atoms with E-state index in [9.17, 15) is 17.6 Å². The zero-order valence-corrected chi connectivity index (χ0v) is 16.4. The number of hydrogen-bond acceptors (Lipinski definition) is 5. The second kappa shape index (κ2) is 7.96. The van der Waals surface area contributed by atoms with Crippen LogP contribution in [0.1, 0.15) is 25.7 Å². The predicted octanol–water partition coefficient (Wildman–Crippen LogP) is 1.39. The molecule has 1 amide bonds. The number of hydrogen-bond donors (Lipinski definition) is 0. The van der Waals surface area contributed by atoms with Crippen molar-refractivity contribution in [2.24, 2.45) is 0 Å². The number of sulfonamides is 1. The molecule has 0 radical (unpaired) electrons. The Morgan fingerprint density at radius 3 is 2.43 bits per heavy atom. The first-order valence-electron chi connectivity index (χ1n) is 9.72. The van der Waals surface area contributed by atoms with E-state index in [1.807, 2.05) is 4.90 Å². The van der Waals surface area contributed by atoms with Crippen LogP contribution in [0.15, 0.2) is 24.3 Å². The molecule has 154 valence electrons. The van der Waals surface area contributed by atoms with Gasteiger partial charge in [0.05, 0.1) is 11.8 Å². The van der Waals surface area contributed by atoms with Gasteiger partial charge in [0.15, 0.2) is 0 Å². The van der Waals surface area contributed by atoms with E-state index >= 15 is 0 Å². The summed E-state index contributed by atoms with van der Waals surface area (Å²) >= 11 is 0. The third-order valence-electron chi connectivity index (χ3n) is 5.58. The van der Waals surface area contributed by atoms with Crippen LogP contribution in [-0.2, 0) is 19.6 Å². The Bertz CT molecular complexity index is 804. The summed E-state index contributed by atoms with van der Waals surface area (Å²) in [4.78, 5) is 14.1. The maximum absolute atomic E-state index is 13.0. The Labute approximate surface area is 164 Å². The molecule has 3 fully saturated rings. The molecule has 0 spiro atoms. The molecule has 1 atom stereocenters. The van der Waals surface area contributed by atoms with Gasteiger partial charge in [-0.3, -0.25) is 4.79 Å². The molecule has 9 heteroatoms. The van der Waals surface area contributed by atoms with Gasteiger partial charge < -0.3 is 14.4 Å². The average molecular weight is 412 g/mol. The van der Waals surface area contributed by atoms with Crippen molar-refractivity contribution in [2.75, 3.05) is 32.8 Å². The van der Waals surface area contributed by atoms with Crippen molar-refractivity contribution in [3.05, 3.63) is 30.1 Å². The lowest BCUT2D eigenvalue weighted by atomic mass is 10.0. The number of ether oxygens (including phenoxy) is 2. The quantitative estimate of drug-likeness (QED) is 0.706. The molecule has 0 bridgehead atoms. The lowest BCUT2D eigenvalue weighted by molar-refractivity contribution is -0.155. The van der Waals surface area contributed by atoms with Gasteiger partial charge in [-0.25, -0.2) is 17.1 Å². The molecule has 1 aromatic carbocycles. The zero-order chi connectivity index (χ0) is 19.7. The van der Waals surface area contributed by atoms with Crippen LogP contribution in [0.4, 0.5) is 4.39 Å². The Balaban J connectivity index is 1.30. The summed E-state index contributed by atoms with van der Waals surface area (Å²) in [5.41, 5.74) is 0. The molecule has 1 aromatic rings. The van der Waals surface area contributed by atoms with Gasteiger partial charge in [-0.05, 0) is 49.9 Å². The first-order valence-corrected chi connectivity index (χ1v) is 11.2. The number of rotatable bonds is 6. The molecule has 2 aliphatic heterocycles. The highest BCUT2D eigenvalue weighted by Crippen LogP contribution is 2.33. The molecular formula is C19H25FN2O5S. The highest BCUT2D eigenvalue weighted by molar-refractivity contribution is 7.90. The smallest absolute Gasteiger partial charge is 0.248 e. The van der Waals surface area contributed by atoms with Gasteiger partial charge in [-0.1, -0.05) is 0 Å². The topological polar surface area (TPSA) is 76.2 Å².